The second-order valence-corrected chi connectivity index (χ2v) is 8.21. The lowest BCUT2D eigenvalue weighted by atomic mass is 9.74. The number of aromatic amines is 1. The highest BCUT2D eigenvalue weighted by Gasteiger charge is 2.36. The Morgan fingerprint density at radius 1 is 1.38 bits per heavy atom. The Balaban J connectivity index is 2.28. The van der Waals surface area contributed by atoms with E-state index in [0.29, 0.717) is 22.8 Å². The predicted molar refractivity (Wildman–Crippen MR) is 82.4 cm³/mol. The zero-order valence-electron chi connectivity index (χ0n) is 13.3. The van der Waals surface area contributed by atoms with Crippen LogP contribution in [0.5, 0.6) is 0 Å². The molecule has 0 saturated heterocycles. The maximum absolute atomic E-state index is 12.8. The minimum absolute atomic E-state index is 0.00781. The topological polar surface area (TPSA) is 86.9 Å². The van der Waals surface area contributed by atoms with Gasteiger partial charge in [0.1, 0.15) is 4.90 Å². The van der Waals surface area contributed by atoms with Gasteiger partial charge in [0, 0.05) is 12.6 Å². The third-order valence-electron chi connectivity index (χ3n) is 4.38. The van der Waals surface area contributed by atoms with Crippen LogP contribution in [-0.4, -0.2) is 31.7 Å². The summed E-state index contributed by atoms with van der Waals surface area (Å²) in [6, 6.07) is -0.0204. The van der Waals surface area contributed by atoms with Gasteiger partial charge in [-0.1, -0.05) is 26.7 Å². The molecule has 1 aromatic rings. The smallest absolute Gasteiger partial charge is 0.244 e. The average Bonchev–Trinajstić information content (AvgIpc) is 2.74. The molecule has 0 bridgehead atoms. The largest absolute Gasteiger partial charge is 0.314 e. The molecule has 1 atom stereocenters. The molecule has 0 radical (unpaired) electrons. The lowest BCUT2D eigenvalue weighted by molar-refractivity contribution is 0.188. The van der Waals surface area contributed by atoms with Crippen LogP contribution >= 0.6 is 0 Å². The van der Waals surface area contributed by atoms with E-state index in [0.717, 1.165) is 19.3 Å². The summed E-state index contributed by atoms with van der Waals surface area (Å²) in [5, 5.41) is 9.83. The van der Waals surface area contributed by atoms with E-state index in [9.17, 15) is 8.42 Å². The molecule has 1 aliphatic carbocycles. The van der Waals surface area contributed by atoms with E-state index in [1.165, 1.54) is 6.42 Å². The van der Waals surface area contributed by atoms with Gasteiger partial charge in [0.15, 0.2) is 0 Å². The van der Waals surface area contributed by atoms with Crippen LogP contribution in [0.3, 0.4) is 0 Å². The van der Waals surface area contributed by atoms with Crippen LogP contribution in [0.4, 0.5) is 0 Å². The summed E-state index contributed by atoms with van der Waals surface area (Å²) in [5.74, 6) is 0. The first-order chi connectivity index (χ1) is 9.78. The molecule has 21 heavy (non-hydrogen) atoms. The van der Waals surface area contributed by atoms with Crippen molar-refractivity contribution in [2.75, 3.05) is 7.05 Å². The van der Waals surface area contributed by atoms with Crippen molar-refractivity contribution in [1.29, 1.82) is 0 Å². The third-order valence-corrected chi connectivity index (χ3v) is 6.05. The quantitative estimate of drug-likeness (QED) is 0.772. The second kappa shape index (κ2) is 6.06. The van der Waals surface area contributed by atoms with Crippen LogP contribution in [0, 0.1) is 12.3 Å². The van der Waals surface area contributed by atoms with Crippen molar-refractivity contribution in [3.05, 3.63) is 11.4 Å². The fourth-order valence-electron chi connectivity index (χ4n) is 3.07. The van der Waals surface area contributed by atoms with E-state index in [1.807, 2.05) is 0 Å². The average molecular weight is 314 g/mol. The fourth-order valence-corrected chi connectivity index (χ4v) is 4.88. The first-order valence-corrected chi connectivity index (χ1v) is 8.97. The SMILES string of the molecule is CNCc1n[nH]c(C)c1S(=O)(=O)NC1CCCCC1(C)C. The van der Waals surface area contributed by atoms with E-state index in [4.69, 9.17) is 0 Å². The predicted octanol–water partition coefficient (Wildman–Crippen LogP) is 1.68. The van der Waals surface area contributed by atoms with Gasteiger partial charge < -0.3 is 5.32 Å². The van der Waals surface area contributed by atoms with Gasteiger partial charge in [0.2, 0.25) is 10.0 Å². The van der Waals surface area contributed by atoms with Crippen molar-refractivity contribution in [2.24, 2.45) is 5.41 Å². The molecule has 1 fully saturated rings. The summed E-state index contributed by atoms with van der Waals surface area (Å²) in [6.07, 6.45) is 4.18. The number of sulfonamides is 1. The van der Waals surface area contributed by atoms with E-state index < -0.39 is 10.0 Å². The number of rotatable bonds is 5. The highest BCUT2D eigenvalue weighted by atomic mass is 32.2. The van der Waals surface area contributed by atoms with Gasteiger partial charge in [-0.2, -0.15) is 5.10 Å². The molecule has 1 aromatic heterocycles. The lowest BCUT2D eigenvalue weighted by Gasteiger charge is -2.38. The summed E-state index contributed by atoms with van der Waals surface area (Å²) in [7, 11) is -1.78. The Bertz CT molecular complexity index is 592. The molecule has 3 N–H and O–H groups in total. The lowest BCUT2D eigenvalue weighted by Crippen LogP contribution is -2.47. The summed E-state index contributed by atoms with van der Waals surface area (Å²) < 4.78 is 28.4. The molecule has 1 aliphatic rings. The molecule has 120 valence electrons. The van der Waals surface area contributed by atoms with Gasteiger partial charge in [-0.25, -0.2) is 13.1 Å². The molecule has 0 amide bonds. The van der Waals surface area contributed by atoms with E-state index in [1.54, 1.807) is 14.0 Å². The van der Waals surface area contributed by atoms with E-state index in [2.05, 4.69) is 34.1 Å². The monoisotopic (exact) mass is 314 g/mol. The Morgan fingerprint density at radius 3 is 2.71 bits per heavy atom. The van der Waals surface area contributed by atoms with Gasteiger partial charge in [-0.05, 0) is 32.2 Å². The summed E-state index contributed by atoms with van der Waals surface area (Å²) >= 11 is 0. The van der Waals surface area contributed by atoms with Gasteiger partial charge in [-0.3, -0.25) is 5.10 Å². The van der Waals surface area contributed by atoms with Crippen molar-refractivity contribution in [1.82, 2.24) is 20.2 Å². The standard InChI is InChI=1S/C14H26N4O2S/c1-10-13(11(9-15-4)17-16-10)21(19,20)18-12-7-5-6-8-14(12,2)3/h12,15,18H,5-9H2,1-4H3,(H,16,17). The Morgan fingerprint density at radius 2 is 2.10 bits per heavy atom. The van der Waals surface area contributed by atoms with Gasteiger partial charge in [-0.15, -0.1) is 0 Å². The van der Waals surface area contributed by atoms with Crippen molar-refractivity contribution in [2.45, 2.75) is 63.9 Å². The number of aryl methyl sites for hydroxylation is 1. The Hall–Kier alpha value is -0.920. The second-order valence-electron chi connectivity index (χ2n) is 6.56. The maximum Gasteiger partial charge on any atom is 0.244 e. The normalized spacial score (nSPS) is 22.4. The van der Waals surface area contributed by atoms with Crippen molar-refractivity contribution >= 4 is 10.0 Å². The third kappa shape index (κ3) is 3.46. The Labute approximate surface area is 127 Å². The number of hydrogen-bond acceptors (Lipinski definition) is 4. The minimum atomic E-state index is -3.55. The number of aromatic nitrogens is 2. The number of nitrogens with one attached hydrogen (secondary N) is 3. The highest BCUT2D eigenvalue weighted by molar-refractivity contribution is 7.89. The van der Waals surface area contributed by atoms with Crippen LogP contribution in [-0.2, 0) is 16.6 Å². The van der Waals surface area contributed by atoms with Crippen molar-refractivity contribution < 1.29 is 8.42 Å². The molecule has 7 heteroatoms. The minimum Gasteiger partial charge on any atom is -0.314 e. The zero-order chi connectivity index (χ0) is 15.7. The van der Waals surface area contributed by atoms with Crippen molar-refractivity contribution in [3.8, 4) is 0 Å². The molecule has 0 aliphatic heterocycles. The number of nitrogens with zero attached hydrogens (tertiary/aromatic N) is 1. The van der Waals surface area contributed by atoms with Crippen LogP contribution in [0.1, 0.15) is 50.9 Å². The first kappa shape index (κ1) is 16.5. The van der Waals surface area contributed by atoms with E-state index in [-0.39, 0.29) is 11.5 Å². The molecular formula is C14H26N4O2S. The summed E-state index contributed by atoms with van der Waals surface area (Å²) in [6.45, 7) is 6.44. The van der Waals surface area contributed by atoms with Crippen LogP contribution in [0.2, 0.25) is 0 Å². The molecular weight excluding hydrogens is 288 g/mol. The van der Waals surface area contributed by atoms with Crippen LogP contribution in [0.15, 0.2) is 4.90 Å². The fraction of sp³-hybridized carbons (Fsp3) is 0.786. The Kier molecular flexibility index (Phi) is 4.75. The van der Waals surface area contributed by atoms with Crippen LogP contribution < -0.4 is 10.0 Å². The molecule has 1 heterocycles. The molecule has 1 unspecified atom stereocenters. The number of hydrogen-bond donors (Lipinski definition) is 3. The summed E-state index contributed by atoms with van der Waals surface area (Å²) in [5.41, 5.74) is 1.11. The van der Waals surface area contributed by atoms with Crippen LogP contribution in [0.25, 0.3) is 0 Å². The molecule has 0 aromatic carbocycles. The molecule has 1 saturated carbocycles. The molecule has 6 nitrogen and oxygen atoms in total. The van der Waals surface area contributed by atoms with Gasteiger partial charge in [0.25, 0.3) is 0 Å². The summed E-state index contributed by atoms with van der Waals surface area (Å²) in [4.78, 5) is 0.290. The highest BCUT2D eigenvalue weighted by Crippen LogP contribution is 2.36. The van der Waals surface area contributed by atoms with Gasteiger partial charge in [0.05, 0.1) is 11.4 Å². The maximum atomic E-state index is 12.8. The van der Waals surface area contributed by atoms with E-state index >= 15 is 0 Å². The molecule has 2 rings (SSSR count). The van der Waals surface area contributed by atoms with Crippen molar-refractivity contribution in [3.63, 3.8) is 0 Å². The zero-order valence-corrected chi connectivity index (χ0v) is 14.1. The number of H-pyrrole nitrogens is 1. The van der Waals surface area contributed by atoms with Gasteiger partial charge >= 0.3 is 0 Å². The first-order valence-electron chi connectivity index (χ1n) is 7.49. The molecule has 0 spiro atoms.